The van der Waals surface area contributed by atoms with Crippen LogP contribution in [-0.2, 0) is 0 Å². The standard InChI is InChI=1S/C20H20N6/c1-20(2,3)26-19-24-17(14-8-10-22-11-9-14)12-18(25-19)23-16-7-5-4-6-15(16)13-21/h4-12H,1-3H3,(H2,23,24,25,26). The van der Waals surface area contributed by atoms with E-state index in [1.807, 2.05) is 57.2 Å². The molecule has 3 rings (SSSR count). The molecule has 0 saturated carbocycles. The summed E-state index contributed by atoms with van der Waals surface area (Å²) in [5.41, 5.74) is 2.79. The highest BCUT2D eigenvalue weighted by atomic mass is 15.2. The average molecular weight is 344 g/mol. The molecule has 2 heterocycles. The Labute approximate surface area is 153 Å². The van der Waals surface area contributed by atoms with Crippen molar-refractivity contribution in [2.75, 3.05) is 10.6 Å². The largest absolute Gasteiger partial charge is 0.350 e. The molecule has 0 radical (unpaired) electrons. The molecule has 0 bridgehead atoms. The van der Waals surface area contributed by atoms with Gasteiger partial charge >= 0.3 is 0 Å². The lowest BCUT2D eigenvalue weighted by molar-refractivity contribution is 0.626. The number of pyridine rings is 1. The molecule has 0 aliphatic carbocycles. The third-order valence-corrected chi connectivity index (χ3v) is 3.50. The van der Waals surface area contributed by atoms with Crippen molar-refractivity contribution in [2.45, 2.75) is 26.3 Å². The van der Waals surface area contributed by atoms with Gasteiger partial charge in [0.2, 0.25) is 5.95 Å². The molecule has 2 N–H and O–H groups in total. The van der Waals surface area contributed by atoms with Crippen LogP contribution in [0.1, 0.15) is 26.3 Å². The zero-order valence-electron chi connectivity index (χ0n) is 15.0. The first-order valence-corrected chi connectivity index (χ1v) is 8.28. The van der Waals surface area contributed by atoms with E-state index in [0.717, 1.165) is 11.3 Å². The van der Waals surface area contributed by atoms with E-state index in [0.29, 0.717) is 23.0 Å². The summed E-state index contributed by atoms with van der Waals surface area (Å²) in [5.74, 6) is 1.13. The first kappa shape index (κ1) is 17.4. The predicted octanol–water partition coefficient (Wildman–Crippen LogP) is 4.36. The third kappa shape index (κ3) is 4.33. The van der Waals surface area contributed by atoms with Crippen molar-refractivity contribution < 1.29 is 0 Å². The quantitative estimate of drug-likeness (QED) is 0.731. The molecule has 130 valence electrons. The minimum absolute atomic E-state index is 0.182. The number of aromatic nitrogens is 3. The number of anilines is 3. The Morgan fingerprint density at radius 1 is 1.00 bits per heavy atom. The second-order valence-electron chi connectivity index (χ2n) is 6.86. The van der Waals surface area contributed by atoms with Gasteiger partial charge in [-0.3, -0.25) is 4.98 Å². The maximum absolute atomic E-state index is 9.29. The van der Waals surface area contributed by atoms with Crippen molar-refractivity contribution in [1.82, 2.24) is 15.0 Å². The van der Waals surface area contributed by atoms with E-state index < -0.39 is 0 Å². The van der Waals surface area contributed by atoms with Crippen LogP contribution in [0.3, 0.4) is 0 Å². The van der Waals surface area contributed by atoms with Crippen molar-refractivity contribution in [3.05, 3.63) is 60.4 Å². The fourth-order valence-electron chi connectivity index (χ4n) is 2.40. The summed E-state index contributed by atoms with van der Waals surface area (Å²) in [6.45, 7) is 6.15. The Kier molecular flexibility index (Phi) is 4.81. The van der Waals surface area contributed by atoms with Gasteiger partial charge in [0.15, 0.2) is 0 Å². The van der Waals surface area contributed by atoms with Crippen LogP contribution in [0.25, 0.3) is 11.3 Å². The van der Waals surface area contributed by atoms with Gasteiger partial charge in [0.1, 0.15) is 11.9 Å². The molecular weight excluding hydrogens is 324 g/mol. The van der Waals surface area contributed by atoms with Crippen LogP contribution in [0.15, 0.2) is 54.9 Å². The molecule has 0 aliphatic heterocycles. The van der Waals surface area contributed by atoms with Crippen molar-refractivity contribution in [3.8, 4) is 17.3 Å². The lowest BCUT2D eigenvalue weighted by Gasteiger charge is -2.21. The van der Waals surface area contributed by atoms with Gasteiger partial charge < -0.3 is 10.6 Å². The molecule has 0 fully saturated rings. The molecule has 6 nitrogen and oxygen atoms in total. The van der Waals surface area contributed by atoms with Crippen LogP contribution in [0.2, 0.25) is 0 Å². The zero-order valence-corrected chi connectivity index (χ0v) is 15.0. The second-order valence-corrected chi connectivity index (χ2v) is 6.86. The van der Waals surface area contributed by atoms with E-state index in [-0.39, 0.29) is 5.54 Å². The first-order valence-electron chi connectivity index (χ1n) is 8.28. The van der Waals surface area contributed by atoms with Crippen molar-refractivity contribution >= 4 is 17.5 Å². The van der Waals surface area contributed by atoms with Gasteiger partial charge in [0.25, 0.3) is 0 Å². The SMILES string of the molecule is CC(C)(C)Nc1nc(Nc2ccccc2C#N)cc(-c2ccncc2)n1. The Balaban J connectivity index is 2.04. The first-order chi connectivity index (χ1) is 12.4. The van der Waals surface area contributed by atoms with Gasteiger partial charge in [-0.1, -0.05) is 12.1 Å². The number of hydrogen-bond donors (Lipinski definition) is 2. The number of hydrogen-bond acceptors (Lipinski definition) is 6. The number of nitriles is 1. The Bertz CT molecular complexity index is 939. The summed E-state index contributed by atoms with van der Waals surface area (Å²) >= 11 is 0. The summed E-state index contributed by atoms with van der Waals surface area (Å²) in [6.07, 6.45) is 3.46. The van der Waals surface area contributed by atoms with Gasteiger partial charge in [-0.25, -0.2) is 4.98 Å². The lowest BCUT2D eigenvalue weighted by atomic mass is 10.1. The van der Waals surface area contributed by atoms with Crippen LogP contribution >= 0.6 is 0 Å². The Morgan fingerprint density at radius 2 is 1.73 bits per heavy atom. The van der Waals surface area contributed by atoms with Crippen LogP contribution in [-0.4, -0.2) is 20.5 Å². The molecule has 1 aromatic carbocycles. The molecule has 0 atom stereocenters. The van der Waals surface area contributed by atoms with Crippen molar-refractivity contribution in [1.29, 1.82) is 5.26 Å². The maximum atomic E-state index is 9.29. The monoisotopic (exact) mass is 344 g/mol. The molecule has 0 aliphatic rings. The topological polar surface area (TPSA) is 86.5 Å². The molecule has 6 heteroatoms. The molecule has 3 aromatic rings. The number of benzene rings is 1. The zero-order chi connectivity index (χ0) is 18.6. The number of nitrogens with one attached hydrogen (secondary N) is 2. The maximum Gasteiger partial charge on any atom is 0.225 e. The normalized spacial score (nSPS) is 10.8. The summed E-state index contributed by atoms with van der Waals surface area (Å²) in [6, 6.07) is 15.2. The molecular formula is C20H20N6. The third-order valence-electron chi connectivity index (χ3n) is 3.50. The van der Waals surface area contributed by atoms with Crippen LogP contribution in [0, 0.1) is 11.3 Å². The highest BCUT2D eigenvalue weighted by Gasteiger charge is 2.14. The minimum Gasteiger partial charge on any atom is -0.350 e. The van der Waals surface area contributed by atoms with Crippen LogP contribution in [0.4, 0.5) is 17.5 Å². The second kappa shape index (κ2) is 7.19. The molecule has 0 spiro atoms. The predicted molar refractivity (Wildman–Crippen MR) is 103 cm³/mol. The fourth-order valence-corrected chi connectivity index (χ4v) is 2.40. The van der Waals surface area contributed by atoms with Crippen molar-refractivity contribution in [3.63, 3.8) is 0 Å². The summed E-state index contributed by atoms with van der Waals surface area (Å²) in [5, 5.41) is 15.8. The van der Waals surface area contributed by atoms with E-state index >= 15 is 0 Å². The van der Waals surface area contributed by atoms with Crippen LogP contribution in [0.5, 0.6) is 0 Å². The van der Waals surface area contributed by atoms with Gasteiger partial charge in [0.05, 0.1) is 16.9 Å². The summed E-state index contributed by atoms with van der Waals surface area (Å²) in [4.78, 5) is 13.2. The minimum atomic E-state index is -0.182. The van der Waals surface area contributed by atoms with E-state index in [4.69, 9.17) is 0 Å². The van der Waals surface area contributed by atoms with Crippen molar-refractivity contribution in [2.24, 2.45) is 0 Å². The molecule has 0 unspecified atom stereocenters. The van der Waals surface area contributed by atoms with Gasteiger partial charge in [0, 0.05) is 29.6 Å². The van der Waals surface area contributed by atoms with E-state index in [2.05, 4.69) is 31.7 Å². The smallest absolute Gasteiger partial charge is 0.225 e. The Hall–Kier alpha value is -3.46. The fraction of sp³-hybridized carbons (Fsp3) is 0.200. The average Bonchev–Trinajstić information content (AvgIpc) is 2.61. The van der Waals surface area contributed by atoms with Crippen LogP contribution < -0.4 is 10.6 Å². The number of rotatable bonds is 4. The highest BCUT2D eigenvalue weighted by molar-refractivity contribution is 5.69. The number of para-hydroxylation sites is 1. The van der Waals surface area contributed by atoms with Gasteiger partial charge in [-0.05, 0) is 45.0 Å². The molecule has 2 aromatic heterocycles. The number of nitrogens with zero attached hydrogens (tertiary/aromatic N) is 4. The Morgan fingerprint density at radius 3 is 2.42 bits per heavy atom. The summed E-state index contributed by atoms with van der Waals surface area (Å²) in [7, 11) is 0. The molecule has 0 amide bonds. The van der Waals surface area contributed by atoms with E-state index in [9.17, 15) is 5.26 Å². The lowest BCUT2D eigenvalue weighted by Crippen LogP contribution is -2.27. The summed E-state index contributed by atoms with van der Waals surface area (Å²) < 4.78 is 0. The van der Waals surface area contributed by atoms with E-state index in [1.54, 1.807) is 18.5 Å². The highest BCUT2D eigenvalue weighted by Crippen LogP contribution is 2.25. The van der Waals surface area contributed by atoms with Gasteiger partial charge in [-0.15, -0.1) is 0 Å². The van der Waals surface area contributed by atoms with E-state index in [1.165, 1.54) is 0 Å². The molecule has 26 heavy (non-hydrogen) atoms. The molecule has 0 saturated heterocycles. The van der Waals surface area contributed by atoms with Gasteiger partial charge in [-0.2, -0.15) is 10.2 Å².